The number of benzene rings is 2. The van der Waals surface area contributed by atoms with Crippen molar-refractivity contribution in [1.29, 1.82) is 0 Å². The number of hydrogen-bond acceptors (Lipinski definition) is 2. The fourth-order valence-corrected chi connectivity index (χ4v) is 2.30. The number of hydrogen-bond donors (Lipinski definition) is 0. The molecule has 0 atom stereocenters. The monoisotopic (exact) mass is 331 g/mol. The molecule has 1 heterocycles. The van der Waals surface area contributed by atoms with Gasteiger partial charge in [-0.2, -0.15) is 0 Å². The molecule has 0 bridgehead atoms. The number of fused-ring (bicyclic) bond motifs is 1. The highest BCUT2D eigenvalue weighted by Crippen LogP contribution is 2.27. The van der Waals surface area contributed by atoms with E-state index in [9.17, 15) is 4.39 Å². The number of aromatic nitrogens is 1. The Morgan fingerprint density at radius 2 is 2.00 bits per heavy atom. The summed E-state index contributed by atoms with van der Waals surface area (Å²) in [7, 11) is 0. The predicted molar refractivity (Wildman–Crippen MR) is 80.8 cm³/mol. The quantitative estimate of drug-likeness (QED) is 0.626. The van der Waals surface area contributed by atoms with Crippen molar-refractivity contribution in [2.45, 2.75) is 5.33 Å². The molecular weight excluding hydrogens is 321 g/mol. The molecule has 1 aromatic heterocycles. The first-order valence-electron chi connectivity index (χ1n) is 6.13. The van der Waals surface area contributed by atoms with Gasteiger partial charge in [0.2, 0.25) is 0 Å². The molecule has 0 spiro atoms. The van der Waals surface area contributed by atoms with Crippen molar-refractivity contribution in [3.8, 4) is 11.5 Å². The van der Waals surface area contributed by atoms with Gasteiger partial charge in [-0.15, -0.1) is 0 Å². The van der Waals surface area contributed by atoms with Gasteiger partial charge in [0.15, 0.2) is 11.6 Å². The molecule has 0 aliphatic carbocycles. The zero-order chi connectivity index (χ0) is 13.9. The SMILES string of the molecule is Fc1cc(CBr)ccc1Oc1ccc2cccnc2c1. The molecule has 3 rings (SSSR count). The van der Waals surface area contributed by atoms with Gasteiger partial charge in [-0.05, 0) is 35.9 Å². The summed E-state index contributed by atoms with van der Waals surface area (Å²) in [5.41, 5.74) is 1.69. The van der Waals surface area contributed by atoms with Crippen molar-refractivity contribution in [3.05, 3.63) is 66.1 Å². The number of halogens is 2. The van der Waals surface area contributed by atoms with Crippen LogP contribution >= 0.6 is 15.9 Å². The van der Waals surface area contributed by atoms with Crippen LogP contribution in [0.4, 0.5) is 4.39 Å². The lowest BCUT2D eigenvalue weighted by Crippen LogP contribution is -1.90. The number of pyridine rings is 1. The highest BCUT2D eigenvalue weighted by Gasteiger charge is 2.06. The first-order valence-corrected chi connectivity index (χ1v) is 7.25. The van der Waals surface area contributed by atoms with Gasteiger partial charge < -0.3 is 4.74 Å². The zero-order valence-corrected chi connectivity index (χ0v) is 12.1. The van der Waals surface area contributed by atoms with Crippen molar-refractivity contribution in [2.24, 2.45) is 0 Å². The van der Waals surface area contributed by atoms with E-state index >= 15 is 0 Å². The van der Waals surface area contributed by atoms with Crippen molar-refractivity contribution in [1.82, 2.24) is 4.98 Å². The van der Waals surface area contributed by atoms with Gasteiger partial charge in [-0.3, -0.25) is 4.98 Å². The standard InChI is InChI=1S/C16H11BrFNO/c17-10-11-3-6-16(14(18)8-11)20-13-5-4-12-2-1-7-19-15(12)9-13/h1-9H,10H2. The van der Waals surface area contributed by atoms with Crippen molar-refractivity contribution in [2.75, 3.05) is 0 Å². The minimum Gasteiger partial charge on any atom is -0.454 e. The smallest absolute Gasteiger partial charge is 0.166 e. The molecule has 0 N–H and O–H groups in total. The van der Waals surface area contributed by atoms with E-state index in [-0.39, 0.29) is 11.6 Å². The topological polar surface area (TPSA) is 22.1 Å². The number of alkyl halides is 1. The fourth-order valence-electron chi connectivity index (χ4n) is 1.95. The van der Waals surface area contributed by atoms with Crippen LogP contribution in [0.25, 0.3) is 10.9 Å². The molecule has 0 unspecified atom stereocenters. The zero-order valence-electron chi connectivity index (χ0n) is 10.5. The van der Waals surface area contributed by atoms with Gasteiger partial charge in [-0.25, -0.2) is 4.39 Å². The van der Waals surface area contributed by atoms with Crippen LogP contribution in [0, 0.1) is 5.82 Å². The average Bonchev–Trinajstić information content (AvgIpc) is 2.49. The third-order valence-electron chi connectivity index (χ3n) is 2.96. The molecule has 0 saturated heterocycles. The maximum atomic E-state index is 13.9. The van der Waals surface area contributed by atoms with E-state index in [1.165, 1.54) is 6.07 Å². The van der Waals surface area contributed by atoms with Gasteiger partial charge >= 0.3 is 0 Å². The molecular formula is C16H11BrFNO. The molecule has 0 amide bonds. The first kappa shape index (κ1) is 13.1. The second-order valence-electron chi connectivity index (χ2n) is 4.36. The van der Waals surface area contributed by atoms with Gasteiger partial charge in [0.25, 0.3) is 0 Å². The minimum absolute atomic E-state index is 0.213. The van der Waals surface area contributed by atoms with Crippen LogP contribution in [0.3, 0.4) is 0 Å². The predicted octanol–water partition coefficient (Wildman–Crippen LogP) is 5.06. The molecule has 0 radical (unpaired) electrons. The number of ether oxygens (including phenoxy) is 1. The van der Waals surface area contributed by atoms with E-state index in [0.717, 1.165) is 16.5 Å². The highest BCUT2D eigenvalue weighted by atomic mass is 79.9. The summed E-state index contributed by atoms with van der Waals surface area (Å²) in [5.74, 6) is 0.412. The molecule has 3 aromatic rings. The summed E-state index contributed by atoms with van der Waals surface area (Å²) in [5, 5.41) is 1.64. The van der Waals surface area contributed by atoms with Gasteiger partial charge in [0.05, 0.1) is 5.52 Å². The lowest BCUT2D eigenvalue weighted by atomic mass is 10.2. The summed E-state index contributed by atoms with van der Waals surface area (Å²) in [6.45, 7) is 0. The second-order valence-corrected chi connectivity index (χ2v) is 4.92. The third kappa shape index (κ3) is 2.65. The Balaban J connectivity index is 1.92. The average molecular weight is 332 g/mol. The molecule has 0 saturated carbocycles. The van der Waals surface area contributed by atoms with Crippen molar-refractivity contribution in [3.63, 3.8) is 0 Å². The largest absolute Gasteiger partial charge is 0.454 e. The number of nitrogens with zero attached hydrogens (tertiary/aromatic N) is 1. The Hall–Kier alpha value is -1.94. The van der Waals surface area contributed by atoms with Crippen molar-refractivity contribution >= 4 is 26.8 Å². The Kier molecular flexibility index (Phi) is 3.65. The van der Waals surface area contributed by atoms with E-state index < -0.39 is 0 Å². The summed E-state index contributed by atoms with van der Waals surface area (Å²) < 4.78 is 19.5. The van der Waals surface area contributed by atoms with Crippen LogP contribution < -0.4 is 4.74 Å². The van der Waals surface area contributed by atoms with Crippen molar-refractivity contribution < 1.29 is 9.13 Å². The Labute approximate surface area is 124 Å². The van der Waals surface area contributed by atoms with E-state index in [1.807, 2.05) is 30.3 Å². The Morgan fingerprint density at radius 1 is 1.10 bits per heavy atom. The first-order chi connectivity index (χ1) is 9.76. The van der Waals surface area contributed by atoms with Crippen LogP contribution in [0.1, 0.15) is 5.56 Å². The Morgan fingerprint density at radius 3 is 2.80 bits per heavy atom. The lowest BCUT2D eigenvalue weighted by molar-refractivity contribution is 0.442. The lowest BCUT2D eigenvalue weighted by Gasteiger charge is -2.08. The van der Waals surface area contributed by atoms with Crippen LogP contribution in [0.2, 0.25) is 0 Å². The van der Waals surface area contributed by atoms with Gasteiger partial charge in [0, 0.05) is 23.0 Å². The molecule has 0 aliphatic heterocycles. The molecule has 0 aliphatic rings. The summed E-state index contributed by atoms with van der Waals surface area (Å²) in [4.78, 5) is 4.25. The highest BCUT2D eigenvalue weighted by molar-refractivity contribution is 9.08. The van der Waals surface area contributed by atoms with Crippen LogP contribution in [0.5, 0.6) is 11.5 Å². The molecule has 4 heteroatoms. The molecule has 0 fully saturated rings. The number of rotatable bonds is 3. The van der Waals surface area contributed by atoms with Crippen LogP contribution in [-0.2, 0) is 5.33 Å². The molecule has 20 heavy (non-hydrogen) atoms. The third-order valence-corrected chi connectivity index (χ3v) is 3.60. The fraction of sp³-hybridized carbons (Fsp3) is 0.0625. The maximum Gasteiger partial charge on any atom is 0.166 e. The molecule has 2 nitrogen and oxygen atoms in total. The second kappa shape index (κ2) is 5.59. The van der Waals surface area contributed by atoms with E-state index in [2.05, 4.69) is 20.9 Å². The summed E-state index contributed by atoms with van der Waals surface area (Å²) in [6.07, 6.45) is 1.72. The van der Waals surface area contributed by atoms with Gasteiger partial charge in [-0.1, -0.05) is 28.1 Å². The summed E-state index contributed by atoms with van der Waals surface area (Å²) >= 11 is 3.29. The van der Waals surface area contributed by atoms with Crippen LogP contribution in [0.15, 0.2) is 54.7 Å². The van der Waals surface area contributed by atoms with Crippen LogP contribution in [-0.4, -0.2) is 4.98 Å². The Bertz CT molecular complexity index is 760. The summed E-state index contributed by atoms with van der Waals surface area (Å²) in [6, 6.07) is 14.3. The molecule has 100 valence electrons. The molecule has 2 aromatic carbocycles. The normalized spacial score (nSPS) is 10.7. The van der Waals surface area contributed by atoms with E-state index in [4.69, 9.17) is 4.74 Å². The van der Waals surface area contributed by atoms with E-state index in [1.54, 1.807) is 18.3 Å². The maximum absolute atomic E-state index is 13.9. The minimum atomic E-state index is -0.372. The van der Waals surface area contributed by atoms with E-state index in [0.29, 0.717) is 11.1 Å². The van der Waals surface area contributed by atoms with Gasteiger partial charge in [0.1, 0.15) is 5.75 Å².